The van der Waals surface area contributed by atoms with Crippen LogP contribution in [0.15, 0.2) is 29.2 Å². The molecule has 0 radical (unpaired) electrons. The predicted octanol–water partition coefficient (Wildman–Crippen LogP) is 2.16. The zero-order valence-corrected chi connectivity index (χ0v) is 11.7. The third kappa shape index (κ3) is 4.28. The lowest BCUT2D eigenvalue weighted by Gasteiger charge is -2.19. The fourth-order valence-corrected chi connectivity index (χ4v) is 2.60. The molecule has 19 heavy (non-hydrogen) atoms. The molecule has 0 heterocycles. The van der Waals surface area contributed by atoms with Crippen molar-refractivity contribution in [3.05, 3.63) is 29.8 Å². The Morgan fingerprint density at radius 1 is 1.32 bits per heavy atom. The van der Waals surface area contributed by atoms with Crippen LogP contribution in [0.2, 0.25) is 0 Å². The zero-order valence-electron chi connectivity index (χ0n) is 10.8. The highest BCUT2D eigenvalue weighted by atomic mass is 32.2. The lowest BCUT2D eigenvalue weighted by atomic mass is 10.2. The van der Waals surface area contributed by atoms with Gasteiger partial charge in [-0.2, -0.15) is 0 Å². The Balaban J connectivity index is 1.88. The van der Waals surface area contributed by atoms with Crippen molar-refractivity contribution in [2.24, 2.45) is 0 Å². The van der Waals surface area contributed by atoms with Crippen molar-refractivity contribution in [3.8, 4) is 0 Å². The molecule has 4 nitrogen and oxygen atoms in total. The molecule has 1 aromatic rings. The van der Waals surface area contributed by atoms with Gasteiger partial charge >= 0.3 is 5.97 Å². The Bertz CT molecular complexity index is 468. The summed E-state index contributed by atoms with van der Waals surface area (Å²) in [4.78, 5) is 25.3. The molecule has 0 aliphatic heterocycles. The van der Waals surface area contributed by atoms with Gasteiger partial charge in [0.05, 0.1) is 5.75 Å². The van der Waals surface area contributed by atoms with E-state index in [0.29, 0.717) is 5.75 Å². The first-order chi connectivity index (χ1) is 9.06. The Morgan fingerprint density at radius 2 is 1.95 bits per heavy atom. The van der Waals surface area contributed by atoms with E-state index < -0.39 is 5.97 Å². The van der Waals surface area contributed by atoms with Crippen LogP contribution in [0, 0.1) is 6.92 Å². The van der Waals surface area contributed by atoms with Gasteiger partial charge in [-0.15, -0.1) is 11.8 Å². The summed E-state index contributed by atoms with van der Waals surface area (Å²) in [6.07, 6.45) is 1.85. The van der Waals surface area contributed by atoms with E-state index in [2.05, 4.69) is 0 Å². The standard InChI is InChI=1S/C14H17NO3S/c1-10-2-6-12(7-3-10)19-9-13(16)15(8-14(17)18)11-4-5-11/h2-3,6-7,11H,4-5,8-9H2,1H3,(H,17,18). The molecule has 0 saturated heterocycles. The van der Waals surface area contributed by atoms with Crippen LogP contribution in [-0.2, 0) is 9.59 Å². The van der Waals surface area contributed by atoms with Crippen molar-refractivity contribution >= 4 is 23.6 Å². The lowest BCUT2D eigenvalue weighted by Crippen LogP contribution is -2.38. The molecular formula is C14H17NO3S. The van der Waals surface area contributed by atoms with Crippen LogP contribution in [-0.4, -0.2) is 40.2 Å². The van der Waals surface area contributed by atoms with Gasteiger partial charge in [0.25, 0.3) is 0 Å². The Morgan fingerprint density at radius 3 is 2.47 bits per heavy atom. The number of amides is 1. The van der Waals surface area contributed by atoms with Crippen LogP contribution in [0.25, 0.3) is 0 Å². The molecule has 0 aromatic heterocycles. The average Bonchev–Trinajstić information content (AvgIpc) is 3.19. The predicted molar refractivity (Wildman–Crippen MR) is 74.3 cm³/mol. The number of aryl methyl sites for hydroxylation is 1. The summed E-state index contributed by atoms with van der Waals surface area (Å²) in [5.74, 6) is -0.733. The Labute approximate surface area is 116 Å². The minimum Gasteiger partial charge on any atom is -0.480 e. The number of thioether (sulfide) groups is 1. The first kappa shape index (κ1) is 13.9. The zero-order chi connectivity index (χ0) is 13.8. The SMILES string of the molecule is Cc1ccc(SCC(=O)N(CC(=O)O)C2CC2)cc1. The minimum atomic E-state index is -0.944. The number of rotatable bonds is 6. The molecule has 102 valence electrons. The van der Waals surface area contributed by atoms with E-state index in [1.54, 1.807) is 0 Å². The van der Waals surface area contributed by atoms with E-state index in [1.165, 1.54) is 22.2 Å². The van der Waals surface area contributed by atoms with Crippen LogP contribution in [0.1, 0.15) is 18.4 Å². The fraction of sp³-hybridized carbons (Fsp3) is 0.429. The Kier molecular flexibility index (Phi) is 4.47. The van der Waals surface area contributed by atoms with Gasteiger partial charge in [0.2, 0.25) is 5.91 Å². The number of carboxylic acid groups (broad SMARTS) is 1. The van der Waals surface area contributed by atoms with Gasteiger partial charge in [0.1, 0.15) is 6.54 Å². The van der Waals surface area contributed by atoms with Gasteiger partial charge in [-0.05, 0) is 31.9 Å². The van der Waals surface area contributed by atoms with Crippen molar-refractivity contribution in [1.82, 2.24) is 4.90 Å². The molecule has 1 aliphatic carbocycles. The molecule has 2 rings (SSSR count). The molecule has 0 bridgehead atoms. The largest absolute Gasteiger partial charge is 0.480 e. The first-order valence-corrected chi connectivity index (χ1v) is 7.25. The number of aliphatic carboxylic acids is 1. The number of nitrogens with zero attached hydrogens (tertiary/aromatic N) is 1. The van der Waals surface area contributed by atoms with E-state index in [-0.39, 0.29) is 18.5 Å². The number of benzene rings is 1. The minimum absolute atomic E-state index is 0.0875. The molecule has 1 amide bonds. The normalized spacial score (nSPS) is 14.2. The molecule has 0 unspecified atom stereocenters. The molecular weight excluding hydrogens is 262 g/mol. The second kappa shape index (κ2) is 6.10. The van der Waals surface area contributed by atoms with E-state index in [4.69, 9.17) is 5.11 Å². The highest BCUT2D eigenvalue weighted by Gasteiger charge is 2.33. The van der Waals surface area contributed by atoms with E-state index in [1.807, 2.05) is 31.2 Å². The molecule has 1 aromatic carbocycles. The van der Waals surface area contributed by atoms with Gasteiger partial charge in [-0.25, -0.2) is 0 Å². The highest BCUT2D eigenvalue weighted by Crippen LogP contribution is 2.28. The maximum absolute atomic E-state index is 12.0. The molecule has 0 spiro atoms. The summed E-state index contributed by atoms with van der Waals surface area (Å²) in [5, 5.41) is 8.82. The van der Waals surface area contributed by atoms with Gasteiger partial charge in [0, 0.05) is 10.9 Å². The van der Waals surface area contributed by atoms with Crippen molar-refractivity contribution in [1.29, 1.82) is 0 Å². The van der Waals surface area contributed by atoms with Crippen LogP contribution in [0.5, 0.6) is 0 Å². The maximum Gasteiger partial charge on any atom is 0.323 e. The van der Waals surface area contributed by atoms with Crippen molar-refractivity contribution in [3.63, 3.8) is 0 Å². The summed E-state index contributed by atoms with van der Waals surface area (Å²) >= 11 is 1.45. The van der Waals surface area contributed by atoms with Crippen LogP contribution >= 0.6 is 11.8 Å². The molecule has 5 heteroatoms. The summed E-state index contributed by atoms with van der Waals surface area (Å²) in [6, 6.07) is 8.10. The maximum atomic E-state index is 12.0. The summed E-state index contributed by atoms with van der Waals surface area (Å²) in [5.41, 5.74) is 1.18. The average molecular weight is 279 g/mol. The molecule has 0 atom stereocenters. The quantitative estimate of drug-likeness (QED) is 0.811. The lowest BCUT2D eigenvalue weighted by molar-refractivity contribution is -0.143. The number of hydrogen-bond acceptors (Lipinski definition) is 3. The van der Waals surface area contributed by atoms with Crippen molar-refractivity contribution < 1.29 is 14.7 Å². The van der Waals surface area contributed by atoms with Gasteiger partial charge in [0.15, 0.2) is 0 Å². The van der Waals surface area contributed by atoms with Crippen molar-refractivity contribution in [2.75, 3.05) is 12.3 Å². The number of carbonyl (C=O) groups is 2. The van der Waals surface area contributed by atoms with E-state index >= 15 is 0 Å². The second-order valence-electron chi connectivity index (χ2n) is 4.75. The molecule has 1 saturated carbocycles. The molecule has 1 N–H and O–H groups in total. The first-order valence-electron chi connectivity index (χ1n) is 6.27. The van der Waals surface area contributed by atoms with Gasteiger partial charge in [-0.1, -0.05) is 17.7 Å². The summed E-state index contributed by atoms with van der Waals surface area (Å²) < 4.78 is 0. The molecule has 1 fully saturated rings. The summed E-state index contributed by atoms with van der Waals surface area (Å²) in [7, 11) is 0. The third-order valence-corrected chi connectivity index (χ3v) is 3.99. The molecule has 1 aliphatic rings. The topological polar surface area (TPSA) is 57.6 Å². The highest BCUT2D eigenvalue weighted by molar-refractivity contribution is 8.00. The van der Waals surface area contributed by atoms with Crippen LogP contribution in [0.3, 0.4) is 0 Å². The summed E-state index contributed by atoms with van der Waals surface area (Å²) in [6.45, 7) is 1.83. The van der Waals surface area contributed by atoms with Crippen LogP contribution in [0.4, 0.5) is 0 Å². The third-order valence-electron chi connectivity index (χ3n) is 3.00. The van der Waals surface area contributed by atoms with Crippen molar-refractivity contribution in [2.45, 2.75) is 30.7 Å². The Hall–Kier alpha value is -1.49. The second-order valence-corrected chi connectivity index (χ2v) is 5.80. The number of carboxylic acids is 1. The van der Waals surface area contributed by atoms with Gasteiger partial charge in [-0.3, -0.25) is 9.59 Å². The fourth-order valence-electron chi connectivity index (χ4n) is 1.82. The number of carbonyl (C=O) groups excluding carboxylic acids is 1. The van der Waals surface area contributed by atoms with Crippen LogP contribution < -0.4 is 0 Å². The van der Waals surface area contributed by atoms with Gasteiger partial charge < -0.3 is 10.0 Å². The van der Waals surface area contributed by atoms with E-state index in [9.17, 15) is 9.59 Å². The smallest absolute Gasteiger partial charge is 0.323 e. The monoisotopic (exact) mass is 279 g/mol. The number of hydrogen-bond donors (Lipinski definition) is 1. The van der Waals surface area contributed by atoms with E-state index in [0.717, 1.165) is 17.7 Å².